The van der Waals surface area contributed by atoms with Crippen molar-refractivity contribution in [3.05, 3.63) is 122 Å². The number of rotatable bonds is 5. The highest BCUT2D eigenvalue weighted by molar-refractivity contribution is 7.83. The fourth-order valence-electron chi connectivity index (χ4n) is 7.71. The maximum absolute atomic E-state index is 16.6. The van der Waals surface area contributed by atoms with Crippen molar-refractivity contribution in [1.82, 2.24) is 0 Å². The van der Waals surface area contributed by atoms with Crippen LogP contribution in [0.2, 0.25) is 0 Å². The van der Waals surface area contributed by atoms with Crippen LogP contribution in [0.3, 0.4) is 0 Å². The predicted octanol–water partition coefficient (Wildman–Crippen LogP) is 8.73. The van der Waals surface area contributed by atoms with Gasteiger partial charge in [0, 0.05) is 75.7 Å². The summed E-state index contributed by atoms with van der Waals surface area (Å²) in [6.07, 6.45) is 13.6. The zero-order valence-corrected chi connectivity index (χ0v) is 28.3. The lowest BCUT2D eigenvalue weighted by molar-refractivity contribution is -0.524. The van der Waals surface area contributed by atoms with Gasteiger partial charge >= 0.3 is 5.97 Å². The van der Waals surface area contributed by atoms with Gasteiger partial charge in [-0.05, 0) is 60.6 Å². The Kier molecular flexibility index (Phi) is 9.29. The number of hydrogen-bond donors (Lipinski definition) is 1. The first-order chi connectivity index (χ1) is 24.3. The Bertz CT molecular complexity index is 2120. The molecule has 2 saturated heterocycles. The summed E-state index contributed by atoms with van der Waals surface area (Å²) in [5, 5.41) is 14.6. The molecule has 4 aliphatic rings. The number of hydrogen-bond acceptors (Lipinski definition) is 4. The lowest BCUT2D eigenvalue weighted by Gasteiger charge is -2.35. The number of halogens is 3. The molecule has 50 heavy (non-hydrogen) atoms. The van der Waals surface area contributed by atoms with Crippen molar-refractivity contribution in [3.8, 4) is 0 Å². The van der Waals surface area contributed by atoms with Crippen molar-refractivity contribution in [2.24, 2.45) is 5.11 Å². The van der Waals surface area contributed by atoms with Crippen LogP contribution in [0.15, 0.2) is 82.8 Å². The van der Waals surface area contributed by atoms with E-state index in [-0.39, 0.29) is 16.7 Å². The second-order valence-corrected chi connectivity index (χ2v) is 15.8. The minimum absolute atomic E-state index is 0.0644. The van der Waals surface area contributed by atoms with Gasteiger partial charge < -0.3 is 14.6 Å². The highest BCUT2D eigenvalue weighted by Crippen LogP contribution is 2.62. The summed E-state index contributed by atoms with van der Waals surface area (Å²) in [6.45, 7) is 3.16. The fourth-order valence-corrected chi connectivity index (χ4v) is 10.8. The molecule has 0 amide bonds. The van der Waals surface area contributed by atoms with Gasteiger partial charge in [-0.25, -0.2) is 22.5 Å². The van der Waals surface area contributed by atoms with Gasteiger partial charge in [0.25, 0.3) is 0 Å². The molecule has 256 valence electrons. The van der Waals surface area contributed by atoms with Crippen LogP contribution in [0.1, 0.15) is 72.9 Å². The molecule has 8 nitrogen and oxygen atoms in total. The van der Waals surface area contributed by atoms with E-state index in [1.165, 1.54) is 0 Å². The molecule has 12 heteroatoms. The maximum atomic E-state index is 16.6. The van der Waals surface area contributed by atoms with E-state index in [1.54, 1.807) is 36.4 Å². The van der Waals surface area contributed by atoms with E-state index in [2.05, 4.69) is 19.5 Å². The topological polar surface area (TPSA) is 109 Å². The van der Waals surface area contributed by atoms with Gasteiger partial charge in [0.05, 0.1) is 0 Å². The summed E-state index contributed by atoms with van der Waals surface area (Å²) >= 11 is 0. The highest BCUT2D eigenvalue weighted by Gasteiger charge is 2.45. The minimum Gasteiger partial charge on any atom is -0.478 e. The molecule has 1 aliphatic carbocycles. The molecule has 3 aromatic carbocycles. The molecular formula is C38H36F3N5O3P+. The molecule has 3 aliphatic heterocycles. The first-order valence-electron chi connectivity index (χ1n) is 17.1. The van der Waals surface area contributed by atoms with E-state index < -0.39 is 47.4 Å². The van der Waals surface area contributed by atoms with Crippen molar-refractivity contribution in [2.75, 3.05) is 31.1 Å². The van der Waals surface area contributed by atoms with Crippen LogP contribution in [-0.2, 0) is 4.57 Å². The molecule has 1 unspecified atom stereocenters. The van der Waals surface area contributed by atoms with Crippen LogP contribution < -0.4 is 15.5 Å². The van der Waals surface area contributed by atoms with E-state index >= 15 is 17.7 Å². The highest BCUT2D eigenvalue weighted by atomic mass is 31.2. The maximum Gasteiger partial charge on any atom is 0.339 e. The molecule has 0 radical (unpaired) electrons. The second kappa shape index (κ2) is 13.8. The second-order valence-electron chi connectivity index (χ2n) is 13.1. The molecule has 2 fully saturated rings. The van der Waals surface area contributed by atoms with Crippen LogP contribution in [0.25, 0.3) is 16.0 Å². The third-order valence-corrected chi connectivity index (χ3v) is 13.3. The van der Waals surface area contributed by atoms with Crippen molar-refractivity contribution in [3.63, 3.8) is 0 Å². The molecule has 0 spiro atoms. The molecule has 3 heterocycles. The van der Waals surface area contributed by atoms with Crippen molar-refractivity contribution in [2.45, 2.75) is 51.4 Å². The SMILES string of the molecule is [N-]=[N+]=Nc1c(F)c(F)c(C(=O)O)c(C2=C3C=CC(=[N+]4CCCCCC4)C=C3P(=O)(c3ccccc3)c3cc(N4CCCCCC4)ccc32)c1F. The third kappa shape index (κ3) is 5.68. The Morgan fingerprint density at radius 1 is 0.880 bits per heavy atom. The number of benzene rings is 3. The van der Waals surface area contributed by atoms with Crippen molar-refractivity contribution in [1.29, 1.82) is 0 Å². The minimum atomic E-state index is -3.78. The average molecular weight is 699 g/mol. The normalized spacial score (nSPS) is 20.7. The number of fused-ring (bicyclic) bond motifs is 2. The fraction of sp³-hybridized carbons (Fsp3) is 0.316. The quantitative estimate of drug-likeness (QED) is 0.0718. The monoisotopic (exact) mass is 698 g/mol. The molecule has 1 atom stereocenters. The van der Waals surface area contributed by atoms with Gasteiger partial charge in [-0.1, -0.05) is 54.4 Å². The van der Waals surface area contributed by atoms with Gasteiger partial charge in [-0.15, -0.1) is 0 Å². The molecule has 1 N–H and O–H groups in total. The Morgan fingerprint density at radius 2 is 1.56 bits per heavy atom. The average Bonchev–Trinajstić information content (AvgIpc) is 3.59. The summed E-state index contributed by atoms with van der Waals surface area (Å²) in [5.41, 5.74) is 7.85. The van der Waals surface area contributed by atoms with E-state index in [1.807, 2.05) is 30.4 Å². The summed E-state index contributed by atoms with van der Waals surface area (Å²) in [4.78, 5) is 17.4. The van der Waals surface area contributed by atoms with Crippen LogP contribution in [0, 0.1) is 17.5 Å². The molecular weight excluding hydrogens is 662 g/mol. The van der Waals surface area contributed by atoms with Crippen LogP contribution in [0.4, 0.5) is 24.5 Å². The van der Waals surface area contributed by atoms with E-state index in [0.29, 0.717) is 15.9 Å². The Morgan fingerprint density at radius 3 is 2.22 bits per heavy atom. The van der Waals surface area contributed by atoms with Crippen LogP contribution in [-0.4, -0.2) is 47.5 Å². The first-order valence-corrected chi connectivity index (χ1v) is 18.8. The van der Waals surface area contributed by atoms with E-state index in [9.17, 15) is 9.90 Å². The molecule has 0 aromatic heterocycles. The van der Waals surface area contributed by atoms with Crippen LogP contribution in [0.5, 0.6) is 0 Å². The smallest absolute Gasteiger partial charge is 0.339 e. The Balaban J connectivity index is 1.62. The number of carboxylic acid groups (broad SMARTS) is 1. The summed E-state index contributed by atoms with van der Waals surface area (Å²) in [6, 6.07) is 14.3. The third-order valence-electron chi connectivity index (χ3n) is 10.1. The number of allylic oxidation sites excluding steroid dienone is 5. The van der Waals surface area contributed by atoms with Gasteiger partial charge in [0.2, 0.25) is 5.71 Å². The zero-order valence-electron chi connectivity index (χ0n) is 27.4. The standard InChI is InChI=1S/C38H35F3N5O3P/c39-34-33(38(47)48)32(35(40)37(36(34)41)43-44-42)31-27-16-14-24(45-18-8-1-2-9-19-45)22-29(27)50(49,26-12-6-5-7-13-26)30-23-25(15-17-28(30)31)46-20-10-3-4-11-21-46/h5-7,12-17,22-23H,1-4,8-11,18-21H2/p+1. The number of carbonyl (C=O) groups is 1. The van der Waals surface area contributed by atoms with E-state index in [4.69, 9.17) is 5.53 Å². The zero-order chi connectivity index (χ0) is 35.0. The first kappa shape index (κ1) is 33.6. The lowest BCUT2D eigenvalue weighted by Crippen LogP contribution is -2.31. The molecule has 7 rings (SSSR count). The summed E-state index contributed by atoms with van der Waals surface area (Å²) < 4.78 is 65.9. The lowest BCUT2D eigenvalue weighted by atomic mass is 9.86. The Hall–Kier alpha value is -4.85. The molecule has 0 bridgehead atoms. The van der Waals surface area contributed by atoms with Gasteiger partial charge in [0.1, 0.15) is 30.2 Å². The molecule has 0 saturated carbocycles. The predicted molar refractivity (Wildman–Crippen MR) is 189 cm³/mol. The number of anilines is 1. The summed E-state index contributed by atoms with van der Waals surface area (Å²) in [5.74, 6) is -7.18. The molecule has 3 aromatic rings. The van der Waals surface area contributed by atoms with Crippen molar-refractivity contribution < 1.29 is 32.2 Å². The van der Waals surface area contributed by atoms with Gasteiger partial charge in [-0.3, -0.25) is 0 Å². The Labute approximate surface area is 287 Å². The van der Waals surface area contributed by atoms with Crippen molar-refractivity contribution >= 4 is 46.4 Å². The number of carboxylic acids is 1. The van der Waals surface area contributed by atoms with Gasteiger partial charge in [0.15, 0.2) is 18.8 Å². The van der Waals surface area contributed by atoms with Crippen LogP contribution >= 0.6 is 7.14 Å². The summed E-state index contributed by atoms with van der Waals surface area (Å²) in [7, 11) is -3.78. The van der Waals surface area contributed by atoms with E-state index in [0.717, 1.165) is 88.9 Å². The number of azide groups is 1. The number of nitrogens with zero attached hydrogens (tertiary/aromatic N) is 5. The number of aromatic carboxylic acids is 1. The largest absolute Gasteiger partial charge is 0.478 e. The van der Waals surface area contributed by atoms with Gasteiger partial charge in [-0.2, -0.15) is 0 Å².